The third kappa shape index (κ3) is 5.57. The van der Waals surface area contributed by atoms with Crippen molar-refractivity contribution in [1.82, 2.24) is 0 Å². The number of methoxy groups -OCH3 is 1. The fraction of sp³-hybridized carbons (Fsp3) is 0.250. The second-order valence-electron chi connectivity index (χ2n) is 5.12. The summed E-state index contributed by atoms with van der Waals surface area (Å²) in [5, 5.41) is 2.83. The first-order valence-corrected chi connectivity index (χ1v) is 8.19. The molecule has 1 N–H and O–H groups in total. The summed E-state index contributed by atoms with van der Waals surface area (Å²) in [7, 11) is 1.62. The zero-order valence-corrected chi connectivity index (χ0v) is 14.7. The van der Waals surface area contributed by atoms with Crippen molar-refractivity contribution < 1.29 is 19.0 Å². The fourth-order valence-corrected chi connectivity index (χ4v) is 2.21. The molecule has 0 bridgehead atoms. The predicted octanol–water partition coefficient (Wildman–Crippen LogP) is 4.14. The van der Waals surface area contributed by atoms with Gasteiger partial charge in [0.1, 0.15) is 17.2 Å². The minimum absolute atomic E-state index is 0.245. The van der Waals surface area contributed by atoms with Crippen LogP contribution in [-0.2, 0) is 4.79 Å². The van der Waals surface area contributed by atoms with Gasteiger partial charge in [0.05, 0.1) is 26.0 Å². The summed E-state index contributed by atoms with van der Waals surface area (Å²) >= 11 is 0. The number of carbonyl (C=O) groups is 1. The molecule has 1 amide bonds. The normalized spacial score (nSPS) is 10.5. The lowest BCUT2D eigenvalue weighted by Gasteiger charge is -2.12. The second-order valence-corrected chi connectivity index (χ2v) is 5.12. The Balaban J connectivity index is 2.09. The Morgan fingerprint density at radius 3 is 2.32 bits per heavy atom. The summed E-state index contributed by atoms with van der Waals surface area (Å²) in [6.07, 6.45) is 3.21. The lowest BCUT2D eigenvalue weighted by atomic mass is 10.2. The van der Waals surface area contributed by atoms with E-state index >= 15 is 0 Å². The average Bonchev–Trinajstić information content (AvgIpc) is 2.63. The lowest BCUT2D eigenvalue weighted by molar-refractivity contribution is -0.111. The SMILES string of the molecule is CCOc1ccc(OCC)c(NC(=O)/C=C/c2ccc(OC)cc2)c1. The molecule has 2 rings (SSSR count). The van der Waals surface area contributed by atoms with E-state index in [0.717, 1.165) is 11.3 Å². The molecule has 0 fully saturated rings. The molecule has 132 valence electrons. The number of anilines is 1. The molecule has 25 heavy (non-hydrogen) atoms. The molecule has 2 aromatic rings. The van der Waals surface area contributed by atoms with Crippen LogP contribution in [0.2, 0.25) is 0 Å². The van der Waals surface area contributed by atoms with E-state index in [1.807, 2.05) is 44.2 Å². The molecule has 0 atom stereocenters. The zero-order chi connectivity index (χ0) is 18.1. The van der Waals surface area contributed by atoms with E-state index in [4.69, 9.17) is 14.2 Å². The van der Waals surface area contributed by atoms with Crippen LogP contribution in [0.4, 0.5) is 5.69 Å². The number of ether oxygens (including phenoxy) is 3. The van der Waals surface area contributed by atoms with Gasteiger partial charge in [0.25, 0.3) is 0 Å². The van der Waals surface area contributed by atoms with Crippen LogP contribution < -0.4 is 19.5 Å². The highest BCUT2D eigenvalue weighted by atomic mass is 16.5. The number of carbonyl (C=O) groups excluding carboxylic acids is 1. The summed E-state index contributed by atoms with van der Waals surface area (Å²) in [6, 6.07) is 12.8. The first-order chi connectivity index (χ1) is 12.2. The van der Waals surface area contributed by atoms with Gasteiger partial charge < -0.3 is 19.5 Å². The largest absolute Gasteiger partial charge is 0.497 e. The Morgan fingerprint density at radius 1 is 1.00 bits per heavy atom. The summed E-state index contributed by atoms with van der Waals surface area (Å²) in [5.74, 6) is 1.82. The molecular formula is C20H23NO4. The van der Waals surface area contributed by atoms with Gasteiger partial charge >= 0.3 is 0 Å². The van der Waals surface area contributed by atoms with Gasteiger partial charge in [0.15, 0.2) is 0 Å². The minimum Gasteiger partial charge on any atom is -0.497 e. The predicted molar refractivity (Wildman–Crippen MR) is 99.4 cm³/mol. The standard InChI is InChI=1S/C20H23NO4/c1-4-24-17-11-12-19(25-5-2)18(14-17)21-20(22)13-8-15-6-9-16(23-3)10-7-15/h6-14H,4-5H2,1-3H3,(H,21,22)/b13-8+. The molecule has 0 spiro atoms. The van der Waals surface area contributed by atoms with E-state index in [2.05, 4.69) is 5.32 Å². The van der Waals surface area contributed by atoms with Crippen molar-refractivity contribution in [3.05, 3.63) is 54.1 Å². The Morgan fingerprint density at radius 2 is 1.68 bits per heavy atom. The highest BCUT2D eigenvalue weighted by Crippen LogP contribution is 2.29. The van der Waals surface area contributed by atoms with Crippen LogP contribution in [0.15, 0.2) is 48.5 Å². The van der Waals surface area contributed by atoms with Crippen LogP contribution in [0.25, 0.3) is 6.08 Å². The first-order valence-electron chi connectivity index (χ1n) is 8.19. The maximum Gasteiger partial charge on any atom is 0.248 e. The Labute approximate surface area is 148 Å². The van der Waals surface area contributed by atoms with Crippen LogP contribution >= 0.6 is 0 Å². The van der Waals surface area contributed by atoms with Gasteiger partial charge in [-0.15, -0.1) is 0 Å². The molecule has 0 unspecified atom stereocenters. The topological polar surface area (TPSA) is 56.8 Å². The van der Waals surface area contributed by atoms with Crippen LogP contribution in [0, 0.1) is 0 Å². The van der Waals surface area contributed by atoms with Crippen LogP contribution in [0.5, 0.6) is 17.2 Å². The summed E-state index contributed by atoms with van der Waals surface area (Å²) in [5.41, 5.74) is 1.49. The maximum atomic E-state index is 12.2. The third-order valence-corrected chi connectivity index (χ3v) is 3.36. The smallest absolute Gasteiger partial charge is 0.248 e. The van der Waals surface area contributed by atoms with Crippen molar-refractivity contribution in [3.63, 3.8) is 0 Å². The highest BCUT2D eigenvalue weighted by molar-refractivity contribution is 6.02. The first kappa shape index (κ1) is 18.4. The summed E-state index contributed by atoms with van der Waals surface area (Å²) in [4.78, 5) is 12.2. The molecule has 0 aliphatic carbocycles. The van der Waals surface area contributed by atoms with Gasteiger partial charge in [-0.25, -0.2) is 0 Å². The molecule has 0 heterocycles. The van der Waals surface area contributed by atoms with Crippen LogP contribution in [0.3, 0.4) is 0 Å². The van der Waals surface area contributed by atoms with Gasteiger partial charge in [-0.2, -0.15) is 0 Å². The number of hydrogen-bond donors (Lipinski definition) is 1. The van der Waals surface area contributed by atoms with E-state index in [1.54, 1.807) is 25.3 Å². The van der Waals surface area contributed by atoms with Crippen molar-refractivity contribution >= 4 is 17.7 Å². The van der Waals surface area contributed by atoms with Crippen molar-refractivity contribution in [2.24, 2.45) is 0 Å². The molecule has 5 nitrogen and oxygen atoms in total. The fourth-order valence-electron chi connectivity index (χ4n) is 2.21. The molecule has 0 aliphatic rings. The van der Waals surface area contributed by atoms with E-state index in [9.17, 15) is 4.79 Å². The average molecular weight is 341 g/mol. The van der Waals surface area contributed by atoms with Gasteiger partial charge in [0, 0.05) is 12.1 Å². The van der Waals surface area contributed by atoms with Crippen LogP contribution in [-0.4, -0.2) is 26.2 Å². The molecule has 0 radical (unpaired) electrons. The van der Waals surface area contributed by atoms with E-state index in [-0.39, 0.29) is 5.91 Å². The molecule has 2 aromatic carbocycles. The third-order valence-electron chi connectivity index (χ3n) is 3.36. The number of rotatable bonds is 8. The van der Waals surface area contributed by atoms with Crippen molar-refractivity contribution in [2.45, 2.75) is 13.8 Å². The second kappa shape index (κ2) is 9.37. The molecule has 0 aromatic heterocycles. The quantitative estimate of drug-likeness (QED) is 0.733. The number of hydrogen-bond acceptors (Lipinski definition) is 4. The number of benzene rings is 2. The molecule has 0 saturated carbocycles. The number of nitrogens with one attached hydrogen (secondary N) is 1. The lowest BCUT2D eigenvalue weighted by Crippen LogP contribution is -2.10. The molecule has 5 heteroatoms. The zero-order valence-electron chi connectivity index (χ0n) is 14.7. The maximum absolute atomic E-state index is 12.2. The Kier molecular flexibility index (Phi) is 6.89. The van der Waals surface area contributed by atoms with E-state index in [0.29, 0.717) is 30.4 Å². The van der Waals surface area contributed by atoms with Crippen LogP contribution in [0.1, 0.15) is 19.4 Å². The number of amides is 1. The van der Waals surface area contributed by atoms with Gasteiger partial charge in [-0.05, 0) is 49.8 Å². The van der Waals surface area contributed by atoms with Crippen molar-refractivity contribution in [3.8, 4) is 17.2 Å². The Bertz CT molecular complexity index is 723. The molecule has 0 aliphatic heterocycles. The van der Waals surface area contributed by atoms with Crippen molar-refractivity contribution in [1.29, 1.82) is 0 Å². The summed E-state index contributed by atoms with van der Waals surface area (Å²) in [6.45, 7) is 4.87. The van der Waals surface area contributed by atoms with Gasteiger partial charge in [-0.1, -0.05) is 12.1 Å². The van der Waals surface area contributed by atoms with Crippen molar-refractivity contribution in [2.75, 3.05) is 25.6 Å². The monoisotopic (exact) mass is 341 g/mol. The van der Waals surface area contributed by atoms with Gasteiger partial charge in [-0.3, -0.25) is 4.79 Å². The molecular weight excluding hydrogens is 318 g/mol. The Hall–Kier alpha value is -2.95. The van der Waals surface area contributed by atoms with Gasteiger partial charge in [0.2, 0.25) is 5.91 Å². The minimum atomic E-state index is -0.245. The highest BCUT2D eigenvalue weighted by Gasteiger charge is 2.08. The van der Waals surface area contributed by atoms with E-state index in [1.165, 1.54) is 6.08 Å². The van der Waals surface area contributed by atoms with E-state index < -0.39 is 0 Å². The summed E-state index contributed by atoms with van der Waals surface area (Å²) < 4.78 is 16.1. The molecule has 0 saturated heterocycles.